The number of rotatable bonds is 4. The van der Waals surface area contributed by atoms with E-state index in [2.05, 4.69) is 36.6 Å². The predicted octanol–water partition coefficient (Wildman–Crippen LogP) is 3.47. The lowest BCUT2D eigenvalue weighted by atomic mass is 10.2. The van der Waals surface area contributed by atoms with Gasteiger partial charge in [-0.1, -0.05) is 18.2 Å². The summed E-state index contributed by atoms with van der Waals surface area (Å²) in [6, 6.07) is 11.8. The Hall–Kier alpha value is -0.890. The first-order valence-electron chi connectivity index (χ1n) is 5.70. The first kappa shape index (κ1) is 15.5. The molecule has 4 nitrogen and oxygen atoms in total. The van der Waals surface area contributed by atoms with Gasteiger partial charge in [0.2, 0.25) is 0 Å². The van der Waals surface area contributed by atoms with Crippen molar-refractivity contribution in [3.63, 3.8) is 0 Å². The highest BCUT2D eigenvalue weighted by Gasteiger charge is 2.17. The molecule has 2 aromatic rings. The maximum Gasteiger partial charge on any atom is 0.261 e. The Bertz CT molecular complexity index is 695. The van der Waals surface area contributed by atoms with Crippen LogP contribution in [0, 0.1) is 0 Å². The third-order valence-corrected chi connectivity index (χ3v) is 5.36. The zero-order valence-corrected chi connectivity index (χ0v) is 14.3. The molecule has 0 heterocycles. The molecule has 2 aromatic carbocycles. The molecule has 0 radical (unpaired) electrons. The summed E-state index contributed by atoms with van der Waals surface area (Å²) < 4.78 is 28.5. The minimum Gasteiger partial charge on any atom is -0.326 e. The molecule has 0 fully saturated rings. The van der Waals surface area contributed by atoms with E-state index in [0.717, 1.165) is 5.56 Å². The lowest BCUT2D eigenvalue weighted by Gasteiger charge is -2.11. The zero-order chi connectivity index (χ0) is 14.8. The molecule has 2 rings (SSSR count). The van der Waals surface area contributed by atoms with Crippen molar-refractivity contribution in [3.05, 3.63) is 57.0 Å². The van der Waals surface area contributed by atoms with Gasteiger partial charge in [-0.2, -0.15) is 0 Å². The number of para-hydroxylation sites is 1. The third-order valence-electron chi connectivity index (χ3n) is 2.67. The van der Waals surface area contributed by atoms with Gasteiger partial charge in [0.1, 0.15) is 0 Å². The van der Waals surface area contributed by atoms with Gasteiger partial charge in [-0.05, 0) is 61.7 Å². The molecule has 20 heavy (non-hydrogen) atoms. The van der Waals surface area contributed by atoms with Crippen molar-refractivity contribution in [2.45, 2.75) is 11.4 Å². The van der Waals surface area contributed by atoms with Crippen LogP contribution in [-0.2, 0) is 16.6 Å². The molecule has 0 amide bonds. The van der Waals surface area contributed by atoms with E-state index in [1.165, 1.54) is 12.1 Å². The molecule has 0 spiro atoms. The van der Waals surface area contributed by atoms with Crippen molar-refractivity contribution in [3.8, 4) is 0 Å². The molecular weight excluding hydrogens is 408 g/mol. The number of anilines is 1. The molecule has 0 saturated heterocycles. The second-order valence-electron chi connectivity index (χ2n) is 4.05. The Morgan fingerprint density at radius 3 is 2.05 bits per heavy atom. The normalized spacial score (nSPS) is 11.3. The summed E-state index contributed by atoms with van der Waals surface area (Å²) in [5, 5.41) is 0. The van der Waals surface area contributed by atoms with Gasteiger partial charge in [0.15, 0.2) is 0 Å². The van der Waals surface area contributed by atoms with E-state index < -0.39 is 10.0 Å². The molecule has 0 atom stereocenters. The quantitative estimate of drug-likeness (QED) is 0.796. The van der Waals surface area contributed by atoms with E-state index in [4.69, 9.17) is 5.73 Å². The van der Waals surface area contributed by atoms with Crippen LogP contribution in [0.15, 0.2) is 56.3 Å². The number of hydrogen-bond acceptors (Lipinski definition) is 3. The number of halogens is 2. The van der Waals surface area contributed by atoms with E-state index in [0.29, 0.717) is 21.2 Å². The van der Waals surface area contributed by atoms with Gasteiger partial charge >= 0.3 is 0 Å². The first-order valence-corrected chi connectivity index (χ1v) is 8.77. The minimum absolute atomic E-state index is 0.192. The molecular formula is C13H12Br2N2O2S. The Morgan fingerprint density at radius 2 is 1.55 bits per heavy atom. The number of sulfonamides is 1. The van der Waals surface area contributed by atoms with E-state index >= 15 is 0 Å². The summed E-state index contributed by atoms with van der Waals surface area (Å²) in [4.78, 5) is 0.192. The van der Waals surface area contributed by atoms with E-state index in [9.17, 15) is 8.42 Å². The Labute approximate surface area is 134 Å². The van der Waals surface area contributed by atoms with Gasteiger partial charge < -0.3 is 5.73 Å². The van der Waals surface area contributed by atoms with Crippen molar-refractivity contribution in [1.29, 1.82) is 0 Å². The number of nitrogens with one attached hydrogen (secondary N) is 1. The maximum absolute atomic E-state index is 12.3. The predicted molar refractivity (Wildman–Crippen MR) is 87.0 cm³/mol. The Kier molecular flexibility index (Phi) is 4.85. The van der Waals surface area contributed by atoms with E-state index in [-0.39, 0.29) is 4.90 Å². The zero-order valence-electron chi connectivity index (χ0n) is 10.3. The lowest BCUT2D eigenvalue weighted by molar-refractivity contribution is 0.601. The highest BCUT2D eigenvalue weighted by Crippen LogP contribution is 2.32. The number of hydrogen-bond donors (Lipinski definition) is 2. The topological polar surface area (TPSA) is 72.2 Å². The van der Waals surface area contributed by atoms with Gasteiger partial charge in [0, 0.05) is 15.5 Å². The molecule has 7 heteroatoms. The van der Waals surface area contributed by atoms with Crippen molar-refractivity contribution in [2.75, 3.05) is 4.72 Å². The van der Waals surface area contributed by atoms with Crippen LogP contribution in [-0.4, -0.2) is 8.42 Å². The largest absolute Gasteiger partial charge is 0.326 e. The van der Waals surface area contributed by atoms with Gasteiger partial charge in [-0.15, -0.1) is 0 Å². The summed E-state index contributed by atoms with van der Waals surface area (Å²) in [6.45, 7) is 0.379. The fraction of sp³-hybridized carbons (Fsp3) is 0.0769. The van der Waals surface area contributed by atoms with Crippen molar-refractivity contribution >= 4 is 47.6 Å². The van der Waals surface area contributed by atoms with Gasteiger partial charge in [-0.25, -0.2) is 8.42 Å². The SMILES string of the molecule is NCc1ccc(S(=O)(=O)Nc2c(Br)cccc2Br)cc1. The van der Waals surface area contributed by atoms with Crippen LogP contribution in [0.1, 0.15) is 5.56 Å². The summed E-state index contributed by atoms with van der Waals surface area (Å²) in [5.41, 5.74) is 6.84. The molecule has 0 saturated carbocycles. The highest BCUT2D eigenvalue weighted by atomic mass is 79.9. The van der Waals surface area contributed by atoms with Crippen LogP contribution in [0.25, 0.3) is 0 Å². The van der Waals surface area contributed by atoms with Crippen LogP contribution in [0.5, 0.6) is 0 Å². The fourth-order valence-corrected chi connectivity index (χ4v) is 4.15. The summed E-state index contributed by atoms with van der Waals surface area (Å²) in [5.74, 6) is 0. The third kappa shape index (κ3) is 3.41. The molecule has 3 N–H and O–H groups in total. The lowest BCUT2D eigenvalue weighted by Crippen LogP contribution is -2.14. The average molecular weight is 420 g/mol. The van der Waals surface area contributed by atoms with Gasteiger partial charge in [0.25, 0.3) is 10.0 Å². The minimum atomic E-state index is -3.63. The average Bonchev–Trinajstić information content (AvgIpc) is 2.43. The Morgan fingerprint density at radius 1 is 1.00 bits per heavy atom. The second-order valence-corrected chi connectivity index (χ2v) is 7.44. The van der Waals surface area contributed by atoms with Crippen molar-refractivity contribution in [2.24, 2.45) is 5.73 Å². The smallest absolute Gasteiger partial charge is 0.261 e. The van der Waals surface area contributed by atoms with Crippen LogP contribution in [0.3, 0.4) is 0 Å². The summed E-state index contributed by atoms with van der Waals surface area (Å²) in [6.07, 6.45) is 0. The van der Waals surface area contributed by atoms with E-state index in [1.807, 2.05) is 6.07 Å². The van der Waals surface area contributed by atoms with Crippen LogP contribution < -0.4 is 10.5 Å². The van der Waals surface area contributed by atoms with Crippen LogP contribution in [0.4, 0.5) is 5.69 Å². The molecule has 0 aliphatic heterocycles. The second kappa shape index (κ2) is 6.26. The van der Waals surface area contributed by atoms with Crippen molar-refractivity contribution in [1.82, 2.24) is 0 Å². The standard InChI is InChI=1S/C13H12Br2N2O2S/c14-11-2-1-3-12(15)13(11)17-20(18,19)10-6-4-9(8-16)5-7-10/h1-7,17H,8,16H2. The molecule has 0 aromatic heterocycles. The molecule has 0 bridgehead atoms. The van der Waals surface area contributed by atoms with E-state index in [1.54, 1.807) is 24.3 Å². The number of benzene rings is 2. The van der Waals surface area contributed by atoms with Crippen molar-refractivity contribution < 1.29 is 8.42 Å². The highest BCUT2D eigenvalue weighted by molar-refractivity contribution is 9.11. The van der Waals surface area contributed by atoms with Crippen LogP contribution >= 0.6 is 31.9 Å². The molecule has 0 aliphatic carbocycles. The van der Waals surface area contributed by atoms with Gasteiger partial charge in [-0.3, -0.25) is 4.72 Å². The monoisotopic (exact) mass is 418 g/mol. The summed E-state index contributed by atoms with van der Waals surface area (Å²) in [7, 11) is -3.63. The fourth-order valence-electron chi connectivity index (χ4n) is 1.59. The number of nitrogens with two attached hydrogens (primary N) is 1. The molecule has 0 unspecified atom stereocenters. The summed E-state index contributed by atoms with van der Waals surface area (Å²) >= 11 is 6.64. The molecule has 0 aliphatic rings. The first-order chi connectivity index (χ1) is 9.44. The Balaban J connectivity index is 2.35. The molecule has 106 valence electrons. The van der Waals surface area contributed by atoms with Gasteiger partial charge in [0.05, 0.1) is 10.6 Å². The van der Waals surface area contributed by atoms with Crippen LogP contribution in [0.2, 0.25) is 0 Å². The maximum atomic E-state index is 12.3.